The van der Waals surface area contributed by atoms with Crippen molar-refractivity contribution in [2.75, 3.05) is 7.11 Å². The number of H-pyrrole nitrogens is 1. The summed E-state index contributed by atoms with van der Waals surface area (Å²) in [5.74, 6) is 1.30. The van der Waals surface area contributed by atoms with Crippen molar-refractivity contribution in [1.82, 2.24) is 15.1 Å². The number of nitrogens with one attached hydrogen (secondary N) is 1. The van der Waals surface area contributed by atoms with Crippen LogP contribution < -0.4 is 4.74 Å². The number of hydrogen-bond acceptors (Lipinski definition) is 5. The van der Waals surface area contributed by atoms with Crippen molar-refractivity contribution in [3.63, 3.8) is 0 Å². The molecule has 2 N–H and O–H groups in total. The van der Waals surface area contributed by atoms with Crippen molar-refractivity contribution in [3.8, 4) is 22.8 Å². The fourth-order valence-corrected chi connectivity index (χ4v) is 3.97. The van der Waals surface area contributed by atoms with Crippen molar-refractivity contribution in [3.05, 3.63) is 89.5 Å². The first-order chi connectivity index (χ1) is 14.7. The monoisotopic (exact) mass is 401 g/mol. The number of rotatable bonds is 5. The minimum Gasteiger partial charge on any atom is -0.507 e. The molecule has 7 heteroatoms. The molecule has 30 heavy (non-hydrogen) atoms. The van der Waals surface area contributed by atoms with Gasteiger partial charge in [-0.3, -0.25) is 9.89 Å². The molecule has 0 unspecified atom stereocenters. The minimum atomic E-state index is -0.416. The molecule has 0 bridgehead atoms. The maximum absolute atomic E-state index is 13.3. The number of benzene rings is 2. The van der Waals surface area contributed by atoms with Gasteiger partial charge in [0.25, 0.3) is 5.91 Å². The number of phenolic OH excluding ortho intramolecular Hbond substituents is 1. The third-order valence-electron chi connectivity index (χ3n) is 5.34. The Morgan fingerprint density at radius 2 is 2.03 bits per heavy atom. The average Bonchev–Trinajstić information content (AvgIpc) is 3.48. The second kappa shape index (κ2) is 7.11. The number of furan rings is 1. The van der Waals surface area contributed by atoms with Crippen LogP contribution in [-0.4, -0.2) is 33.2 Å². The predicted octanol–water partition coefficient (Wildman–Crippen LogP) is 4.13. The van der Waals surface area contributed by atoms with Gasteiger partial charge in [-0.25, -0.2) is 0 Å². The lowest BCUT2D eigenvalue weighted by atomic mass is 9.95. The first kappa shape index (κ1) is 18.1. The molecule has 3 heterocycles. The molecule has 7 nitrogen and oxygen atoms in total. The number of amides is 1. The maximum atomic E-state index is 13.3. The molecule has 1 aliphatic rings. The van der Waals surface area contributed by atoms with E-state index >= 15 is 0 Å². The van der Waals surface area contributed by atoms with Crippen LogP contribution in [-0.2, 0) is 6.54 Å². The minimum absolute atomic E-state index is 0.105. The lowest BCUT2D eigenvalue weighted by Gasteiger charge is -2.26. The molecule has 4 aromatic rings. The Bertz CT molecular complexity index is 1210. The molecule has 1 amide bonds. The summed E-state index contributed by atoms with van der Waals surface area (Å²) in [6.45, 7) is 0.302. The number of para-hydroxylation sites is 1. The average molecular weight is 401 g/mol. The van der Waals surface area contributed by atoms with Gasteiger partial charge in [0.15, 0.2) is 0 Å². The number of aromatic amines is 1. The van der Waals surface area contributed by atoms with Gasteiger partial charge in [-0.05, 0) is 42.0 Å². The molecule has 0 aliphatic carbocycles. The number of ether oxygens (including phenoxy) is 1. The SMILES string of the molecule is COc1cccc([C@@H]2c3c(-c4ccccc4O)n[nH]c3C(=O)N2Cc2ccco2)c1. The summed E-state index contributed by atoms with van der Waals surface area (Å²) in [7, 11) is 1.61. The third kappa shape index (κ3) is 2.83. The fourth-order valence-electron chi connectivity index (χ4n) is 3.97. The lowest BCUT2D eigenvalue weighted by molar-refractivity contribution is 0.0717. The van der Waals surface area contributed by atoms with Crippen LogP contribution >= 0.6 is 0 Å². The van der Waals surface area contributed by atoms with Gasteiger partial charge < -0.3 is 19.2 Å². The highest BCUT2D eigenvalue weighted by atomic mass is 16.5. The second-order valence-electron chi connectivity index (χ2n) is 7.07. The van der Waals surface area contributed by atoms with Crippen molar-refractivity contribution in [1.29, 1.82) is 0 Å². The highest BCUT2D eigenvalue weighted by molar-refractivity contribution is 6.00. The van der Waals surface area contributed by atoms with Crippen LogP contribution in [0.3, 0.4) is 0 Å². The van der Waals surface area contributed by atoms with Gasteiger partial charge in [-0.2, -0.15) is 5.10 Å². The van der Waals surface area contributed by atoms with Gasteiger partial charge in [0.05, 0.1) is 26.0 Å². The Balaban J connectivity index is 1.69. The molecule has 150 valence electrons. The Hall–Kier alpha value is -4.00. The molecule has 5 rings (SSSR count). The van der Waals surface area contributed by atoms with E-state index in [1.54, 1.807) is 42.5 Å². The van der Waals surface area contributed by atoms with E-state index in [1.165, 1.54) is 0 Å². The summed E-state index contributed by atoms with van der Waals surface area (Å²) in [5.41, 5.74) is 3.13. The van der Waals surface area contributed by atoms with Gasteiger partial charge in [-0.1, -0.05) is 24.3 Å². The summed E-state index contributed by atoms with van der Waals surface area (Å²) in [4.78, 5) is 15.0. The van der Waals surface area contributed by atoms with Gasteiger partial charge in [0, 0.05) is 11.1 Å². The lowest BCUT2D eigenvalue weighted by Crippen LogP contribution is -2.29. The number of hydrogen-bond donors (Lipinski definition) is 2. The van der Waals surface area contributed by atoms with E-state index in [0.29, 0.717) is 35.0 Å². The summed E-state index contributed by atoms with van der Waals surface area (Å²) < 4.78 is 10.9. The van der Waals surface area contributed by atoms with Crippen LogP contribution in [0.2, 0.25) is 0 Å². The van der Waals surface area contributed by atoms with Gasteiger partial charge in [0.2, 0.25) is 0 Å². The zero-order valence-electron chi connectivity index (χ0n) is 16.2. The summed E-state index contributed by atoms with van der Waals surface area (Å²) in [5, 5.41) is 17.7. The van der Waals surface area contributed by atoms with Gasteiger partial charge in [0.1, 0.15) is 28.6 Å². The van der Waals surface area contributed by atoms with E-state index in [2.05, 4.69) is 10.2 Å². The van der Waals surface area contributed by atoms with E-state index in [4.69, 9.17) is 9.15 Å². The molecular formula is C23H19N3O4. The predicted molar refractivity (Wildman–Crippen MR) is 109 cm³/mol. The van der Waals surface area contributed by atoms with Crippen molar-refractivity contribution < 1.29 is 19.1 Å². The Morgan fingerprint density at radius 1 is 1.17 bits per heavy atom. The number of methoxy groups -OCH3 is 1. The molecule has 1 aliphatic heterocycles. The van der Waals surface area contributed by atoms with E-state index in [0.717, 1.165) is 11.1 Å². The number of fused-ring (bicyclic) bond motifs is 1. The largest absolute Gasteiger partial charge is 0.507 e. The summed E-state index contributed by atoms with van der Waals surface area (Å²) in [6, 6.07) is 17.8. The number of nitrogens with zero attached hydrogens (tertiary/aromatic N) is 2. The molecule has 0 spiro atoms. The maximum Gasteiger partial charge on any atom is 0.273 e. The normalized spacial score (nSPS) is 15.4. The highest BCUT2D eigenvalue weighted by Gasteiger charge is 2.42. The van der Waals surface area contributed by atoms with E-state index in [1.807, 2.05) is 36.4 Å². The fraction of sp³-hybridized carbons (Fsp3) is 0.130. The zero-order valence-corrected chi connectivity index (χ0v) is 16.2. The molecule has 0 fully saturated rings. The summed E-state index contributed by atoms with van der Waals surface area (Å²) in [6.07, 6.45) is 1.59. The standard InChI is InChI=1S/C23H19N3O4/c1-29-15-7-4-6-14(12-15)22-19-20(17-9-2-3-10-18(17)27)24-25-21(19)23(28)26(22)13-16-8-5-11-30-16/h2-12,22,27H,13H2,1H3,(H,24,25)/t22-/m1/s1. The van der Waals surface area contributed by atoms with Crippen molar-refractivity contribution >= 4 is 5.91 Å². The summed E-state index contributed by atoms with van der Waals surface area (Å²) >= 11 is 0. The molecule has 1 atom stereocenters. The van der Waals surface area contributed by atoms with Crippen LogP contribution in [0, 0.1) is 0 Å². The van der Waals surface area contributed by atoms with E-state index in [-0.39, 0.29) is 11.7 Å². The molecule has 0 radical (unpaired) electrons. The molecular weight excluding hydrogens is 382 g/mol. The van der Waals surface area contributed by atoms with Gasteiger partial charge >= 0.3 is 0 Å². The second-order valence-corrected chi connectivity index (χ2v) is 7.07. The molecule has 2 aromatic heterocycles. The van der Waals surface area contributed by atoms with Crippen LogP contribution in [0.5, 0.6) is 11.5 Å². The number of aromatic nitrogens is 2. The van der Waals surface area contributed by atoms with Crippen LogP contribution in [0.15, 0.2) is 71.3 Å². The first-order valence-corrected chi connectivity index (χ1v) is 9.51. The Labute approximate surface area is 172 Å². The number of carbonyl (C=O) groups excluding carboxylic acids is 1. The zero-order chi connectivity index (χ0) is 20.7. The van der Waals surface area contributed by atoms with E-state index < -0.39 is 6.04 Å². The molecule has 2 aromatic carbocycles. The van der Waals surface area contributed by atoms with E-state index in [9.17, 15) is 9.90 Å². The smallest absolute Gasteiger partial charge is 0.273 e. The van der Waals surface area contributed by atoms with Crippen LogP contribution in [0.25, 0.3) is 11.3 Å². The van der Waals surface area contributed by atoms with Crippen LogP contribution in [0.1, 0.15) is 33.4 Å². The molecule has 0 saturated heterocycles. The Kier molecular flexibility index (Phi) is 4.28. The number of carbonyl (C=O) groups is 1. The molecule has 0 saturated carbocycles. The highest BCUT2D eigenvalue weighted by Crippen LogP contribution is 2.45. The third-order valence-corrected chi connectivity index (χ3v) is 5.34. The topological polar surface area (TPSA) is 91.6 Å². The van der Waals surface area contributed by atoms with Gasteiger partial charge in [-0.15, -0.1) is 0 Å². The van der Waals surface area contributed by atoms with Crippen LogP contribution in [0.4, 0.5) is 0 Å². The quantitative estimate of drug-likeness (QED) is 0.525. The number of phenols is 1. The van der Waals surface area contributed by atoms with Crippen molar-refractivity contribution in [2.45, 2.75) is 12.6 Å². The Morgan fingerprint density at radius 3 is 2.80 bits per heavy atom. The first-order valence-electron chi connectivity index (χ1n) is 9.51. The number of aromatic hydroxyl groups is 1. The van der Waals surface area contributed by atoms with Crippen molar-refractivity contribution in [2.24, 2.45) is 0 Å².